The Morgan fingerprint density at radius 1 is 0.667 bits per heavy atom. The average molecular weight is 175 g/mol. The third-order valence-electron chi connectivity index (χ3n) is 1.77. The van der Waals surface area contributed by atoms with E-state index < -0.39 is 0 Å². The first-order chi connectivity index (χ1) is 5.91. The fraction of sp³-hybridized carbons (Fsp3) is 1.00. The van der Waals surface area contributed by atoms with E-state index in [0.717, 1.165) is 45.2 Å². The molecule has 3 heteroatoms. The molecule has 74 valence electrons. The quantitative estimate of drug-likeness (QED) is 0.448. The molecule has 3 N–H and O–H groups in total. The fourth-order valence-electron chi connectivity index (χ4n) is 1.03. The maximum absolute atomic E-state index is 8.49. The minimum atomic E-state index is 0.298. The zero-order valence-corrected chi connectivity index (χ0v) is 7.76. The highest BCUT2D eigenvalue weighted by molar-refractivity contribution is 4.48. The topological polar surface area (TPSA) is 52.5 Å². The summed E-state index contributed by atoms with van der Waals surface area (Å²) in [5.41, 5.74) is 0. The summed E-state index contributed by atoms with van der Waals surface area (Å²) >= 11 is 0. The molecule has 12 heavy (non-hydrogen) atoms. The second-order valence-corrected chi connectivity index (χ2v) is 2.96. The number of hydrogen-bond donors (Lipinski definition) is 3. The van der Waals surface area contributed by atoms with Crippen LogP contribution in [0, 0.1) is 0 Å². The van der Waals surface area contributed by atoms with Gasteiger partial charge in [0.25, 0.3) is 0 Å². The Morgan fingerprint density at radius 3 is 1.75 bits per heavy atom. The van der Waals surface area contributed by atoms with E-state index in [1.807, 2.05) is 0 Å². The molecule has 0 saturated carbocycles. The van der Waals surface area contributed by atoms with Crippen LogP contribution < -0.4 is 5.32 Å². The number of hydrogen-bond acceptors (Lipinski definition) is 3. The fourth-order valence-corrected chi connectivity index (χ4v) is 1.03. The Kier molecular flexibility index (Phi) is 10.8. The van der Waals surface area contributed by atoms with E-state index >= 15 is 0 Å². The molecule has 0 aliphatic carbocycles. The van der Waals surface area contributed by atoms with Crippen molar-refractivity contribution in [3.63, 3.8) is 0 Å². The summed E-state index contributed by atoms with van der Waals surface area (Å²) in [6.07, 6.45) is 5.10. The maximum Gasteiger partial charge on any atom is 0.0431 e. The Labute approximate surface area is 74.8 Å². The van der Waals surface area contributed by atoms with Gasteiger partial charge in [0.15, 0.2) is 0 Å². The first-order valence-corrected chi connectivity index (χ1v) is 4.84. The van der Waals surface area contributed by atoms with Gasteiger partial charge in [-0.25, -0.2) is 0 Å². The Balaban J connectivity index is 2.73. The van der Waals surface area contributed by atoms with Crippen molar-refractivity contribution in [1.29, 1.82) is 0 Å². The summed E-state index contributed by atoms with van der Waals surface area (Å²) in [6.45, 7) is 2.64. The molecule has 0 bridgehead atoms. The van der Waals surface area contributed by atoms with Crippen LogP contribution in [0.4, 0.5) is 0 Å². The van der Waals surface area contributed by atoms with Crippen molar-refractivity contribution in [1.82, 2.24) is 5.32 Å². The minimum absolute atomic E-state index is 0.298. The predicted molar refractivity (Wildman–Crippen MR) is 50.1 cm³/mol. The maximum atomic E-state index is 8.49. The number of rotatable bonds is 9. The third-order valence-corrected chi connectivity index (χ3v) is 1.77. The van der Waals surface area contributed by atoms with Crippen molar-refractivity contribution in [2.24, 2.45) is 0 Å². The molecule has 0 saturated heterocycles. The predicted octanol–water partition coefficient (Wildman–Crippen LogP) is 0.511. The lowest BCUT2D eigenvalue weighted by Crippen LogP contribution is -2.16. The van der Waals surface area contributed by atoms with Crippen molar-refractivity contribution in [2.45, 2.75) is 32.1 Å². The van der Waals surface area contributed by atoms with Crippen LogP contribution in [0.25, 0.3) is 0 Å². The van der Waals surface area contributed by atoms with Crippen LogP contribution in [0.1, 0.15) is 32.1 Å². The molecule has 0 unspecified atom stereocenters. The van der Waals surface area contributed by atoms with Gasteiger partial charge >= 0.3 is 0 Å². The second kappa shape index (κ2) is 10.9. The lowest BCUT2D eigenvalue weighted by Gasteiger charge is -2.02. The average Bonchev–Trinajstić information content (AvgIpc) is 2.10. The molecule has 0 atom stereocenters. The highest BCUT2D eigenvalue weighted by Gasteiger charge is 1.88. The zero-order chi connectivity index (χ0) is 9.07. The largest absolute Gasteiger partial charge is 0.396 e. The van der Waals surface area contributed by atoms with Crippen LogP contribution in [0.3, 0.4) is 0 Å². The molecular weight excluding hydrogens is 154 g/mol. The molecule has 0 radical (unpaired) electrons. The monoisotopic (exact) mass is 175 g/mol. The molecule has 3 nitrogen and oxygen atoms in total. The summed E-state index contributed by atoms with van der Waals surface area (Å²) in [7, 11) is 0. The molecule has 0 aromatic carbocycles. The van der Waals surface area contributed by atoms with Gasteiger partial charge in [-0.3, -0.25) is 0 Å². The van der Waals surface area contributed by atoms with Crippen molar-refractivity contribution >= 4 is 0 Å². The summed E-state index contributed by atoms with van der Waals surface area (Å²) in [4.78, 5) is 0. The molecule has 0 aromatic heterocycles. The molecule has 0 aromatic rings. The summed E-state index contributed by atoms with van der Waals surface area (Å²) in [5, 5.41) is 20.3. The van der Waals surface area contributed by atoms with Crippen LogP contribution in [-0.2, 0) is 0 Å². The Morgan fingerprint density at radius 2 is 1.17 bits per heavy atom. The third kappa shape index (κ3) is 9.88. The van der Waals surface area contributed by atoms with E-state index in [0.29, 0.717) is 13.2 Å². The van der Waals surface area contributed by atoms with Crippen molar-refractivity contribution in [3.8, 4) is 0 Å². The van der Waals surface area contributed by atoms with E-state index in [1.54, 1.807) is 0 Å². The van der Waals surface area contributed by atoms with Crippen molar-refractivity contribution in [3.05, 3.63) is 0 Å². The van der Waals surface area contributed by atoms with Crippen LogP contribution in [-0.4, -0.2) is 36.5 Å². The van der Waals surface area contributed by atoms with Crippen LogP contribution in [0.2, 0.25) is 0 Å². The molecule has 0 fully saturated rings. The van der Waals surface area contributed by atoms with Gasteiger partial charge in [-0.1, -0.05) is 0 Å². The van der Waals surface area contributed by atoms with Gasteiger partial charge in [0.2, 0.25) is 0 Å². The molecule has 0 aliphatic rings. The highest BCUT2D eigenvalue weighted by Crippen LogP contribution is 1.92. The number of aliphatic hydroxyl groups excluding tert-OH is 2. The van der Waals surface area contributed by atoms with Crippen LogP contribution >= 0.6 is 0 Å². The first kappa shape index (κ1) is 11.9. The Bertz CT molecular complexity index is 68.9. The van der Waals surface area contributed by atoms with Gasteiger partial charge in [-0.05, 0) is 45.2 Å². The number of aliphatic hydroxyl groups is 2. The van der Waals surface area contributed by atoms with Crippen molar-refractivity contribution < 1.29 is 10.2 Å². The SMILES string of the molecule is OCCCCCNCCCCO. The van der Waals surface area contributed by atoms with Gasteiger partial charge in [-0.2, -0.15) is 0 Å². The highest BCUT2D eigenvalue weighted by atomic mass is 16.3. The standard InChI is InChI=1S/C9H21NO2/c11-8-4-1-2-6-10-7-3-5-9-12/h10-12H,1-9H2. The van der Waals surface area contributed by atoms with Crippen LogP contribution in [0.15, 0.2) is 0 Å². The van der Waals surface area contributed by atoms with Gasteiger partial charge in [0, 0.05) is 13.2 Å². The smallest absolute Gasteiger partial charge is 0.0431 e. The van der Waals surface area contributed by atoms with E-state index in [-0.39, 0.29) is 0 Å². The molecule has 0 heterocycles. The number of unbranched alkanes of at least 4 members (excludes halogenated alkanes) is 3. The summed E-state index contributed by atoms with van der Waals surface area (Å²) in [5.74, 6) is 0. The van der Waals surface area contributed by atoms with Gasteiger partial charge in [-0.15, -0.1) is 0 Å². The molecule has 0 amide bonds. The summed E-state index contributed by atoms with van der Waals surface area (Å²) < 4.78 is 0. The lowest BCUT2D eigenvalue weighted by molar-refractivity contribution is 0.280. The molecule has 0 aliphatic heterocycles. The molecule has 0 rings (SSSR count). The van der Waals surface area contributed by atoms with E-state index in [1.165, 1.54) is 0 Å². The van der Waals surface area contributed by atoms with E-state index in [2.05, 4.69) is 5.32 Å². The second-order valence-electron chi connectivity index (χ2n) is 2.96. The summed E-state index contributed by atoms with van der Waals surface area (Å²) in [6, 6.07) is 0. The normalized spacial score (nSPS) is 10.5. The van der Waals surface area contributed by atoms with Gasteiger partial charge in [0.05, 0.1) is 0 Å². The van der Waals surface area contributed by atoms with Gasteiger partial charge < -0.3 is 15.5 Å². The Hall–Kier alpha value is -0.120. The van der Waals surface area contributed by atoms with Gasteiger partial charge in [0.1, 0.15) is 0 Å². The van der Waals surface area contributed by atoms with E-state index in [4.69, 9.17) is 10.2 Å². The van der Waals surface area contributed by atoms with Crippen molar-refractivity contribution in [2.75, 3.05) is 26.3 Å². The minimum Gasteiger partial charge on any atom is -0.396 e. The lowest BCUT2D eigenvalue weighted by atomic mass is 10.2. The first-order valence-electron chi connectivity index (χ1n) is 4.84. The zero-order valence-electron chi connectivity index (χ0n) is 7.76. The molecule has 0 spiro atoms. The molecular formula is C9H21NO2. The van der Waals surface area contributed by atoms with E-state index in [9.17, 15) is 0 Å². The van der Waals surface area contributed by atoms with Crippen LogP contribution in [0.5, 0.6) is 0 Å². The number of nitrogens with one attached hydrogen (secondary N) is 1.